The van der Waals surface area contributed by atoms with Crippen LogP contribution < -0.4 is 5.32 Å². The second-order valence-electron chi connectivity index (χ2n) is 6.49. The minimum absolute atomic E-state index is 0.138. The molecule has 0 unspecified atom stereocenters. The van der Waals surface area contributed by atoms with Gasteiger partial charge in [-0.15, -0.1) is 0 Å². The van der Waals surface area contributed by atoms with Gasteiger partial charge in [0.05, 0.1) is 6.54 Å². The molecule has 0 radical (unpaired) electrons. The largest absolute Gasteiger partial charge is 0.310 e. The summed E-state index contributed by atoms with van der Waals surface area (Å²) in [4.78, 5) is 12.0. The van der Waals surface area contributed by atoms with E-state index in [2.05, 4.69) is 45.1 Å². The van der Waals surface area contributed by atoms with E-state index in [9.17, 15) is 4.79 Å². The quantitative estimate of drug-likeness (QED) is 0.565. The van der Waals surface area contributed by atoms with Crippen molar-refractivity contribution in [3.05, 3.63) is 35.4 Å². The molecule has 0 aliphatic rings. The highest BCUT2D eigenvalue weighted by atomic mass is 16.1. The first-order valence-electron chi connectivity index (χ1n) is 7.79. The van der Waals surface area contributed by atoms with Crippen molar-refractivity contribution in [1.82, 2.24) is 5.32 Å². The topological polar surface area (TPSA) is 29.1 Å². The Morgan fingerprint density at radius 1 is 1.05 bits per heavy atom. The number of rotatable bonds is 8. The van der Waals surface area contributed by atoms with E-state index in [0.29, 0.717) is 6.54 Å². The summed E-state index contributed by atoms with van der Waals surface area (Å²) in [5, 5.41) is 3.24. The van der Waals surface area contributed by atoms with Crippen LogP contribution in [0.4, 0.5) is 0 Å². The van der Waals surface area contributed by atoms with Crippen LogP contribution in [0.15, 0.2) is 24.3 Å². The number of ketones is 1. The average molecular weight is 275 g/mol. The van der Waals surface area contributed by atoms with E-state index < -0.39 is 0 Å². The highest BCUT2D eigenvalue weighted by Crippen LogP contribution is 2.22. The molecular weight excluding hydrogens is 246 g/mol. The summed E-state index contributed by atoms with van der Waals surface area (Å²) in [5.74, 6) is 0.181. The van der Waals surface area contributed by atoms with Crippen LogP contribution in [0.3, 0.4) is 0 Å². The Morgan fingerprint density at radius 2 is 1.70 bits per heavy atom. The number of carbonyl (C=O) groups excluding carboxylic acids is 1. The van der Waals surface area contributed by atoms with Gasteiger partial charge in [0, 0.05) is 5.56 Å². The standard InChI is InChI=1S/C18H29NO/c1-5-6-7-8-13-19-14-17(20)15-9-11-16(12-10-15)18(2,3)4/h9-12,19H,5-8,13-14H2,1-4H3. The van der Waals surface area contributed by atoms with E-state index in [-0.39, 0.29) is 11.2 Å². The molecule has 112 valence electrons. The highest BCUT2D eigenvalue weighted by molar-refractivity contribution is 5.97. The highest BCUT2D eigenvalue weighted by Gasteiger charge is 2.14. The first-order chi connectivity index (χ1) is 9.45. The predicted molar refractivity (Wildman–Crippen MR) is 86.5 cm³/mol. The Hall–Kier alpha value is -1.15. The summed E-state index contributed by atoms with van der Waals surface area (Å²) in [6, 6.07) is 8.02. The van der Waals surface area contributed by atoms with Gasteiger partial charge in [-0.25, -0.2) is 0 Å². The number of Topliss-reactive ketones (excluding diaryl/α,β-unsaturated/α-hetero) is 1. The smallest absolute Gasteiger partial charge is 0.176 e. The normalized spacial score (nSPS) is 11.6. The maximum absolute atomic E-state index is 12.0. The third-order valence-corrected chi connectivity index (χ3v) is 3.57. The van der Waals surface area contributed by atoms with Gasteiger partial charge in [-0.1, -0.05) is 71.2 Å². The van der Waals surface area contributed by atoms with Crippen LogP contribution in [0.2, 0.25) is 0 Å². The molecule has 2 nitrogen and oxygen atoms in total. The van der Waals surface area contributed by atoms with E-state index in [0.717, 1.165) is 18.5 Å². The molecule has 1 N–H and O–H groups in total. The number of unbranched alkanes of at least 4 members (excludes halogenated alkanes) is 3. The maximum Gasteiger partial charge on any atom is 0.176 e. The van der Waals surface area contributed by atoms with Crippen LogP contribution in [-0.4, -0.2) is 18.9 Å². The van der Waals surface area contributed by atoms with E-state index in [1.807, 2.05) is 12.1 Å². The Balaban J connectivity index is 2.37. The number of hydrogen-bond donors (Lipinski definition) is 1. The monoisotopic (exact) mass is 275 g/mol. The van der Waals surface area contributed by atoms with Gasteiger partial charge in [0.1, 0.15) is 0 Å². The van der Waals surface area contributed by atoms with Crippen molar-refractivity contribution < 1.29 is 4.79 Å². The minimum atomic E-state index is 0.138. The van der Waals surface area contributed by atoms with Gasteiger partial charge < -0.3 is 5.32 Å². The van der Waals surface area contributed by atoms with Crippen molar-refractivity contribution in [2.45, 2.75) is 58.8 Å². The van der Waals surface area contributed by atoms with E-state index >= 15 is 0 Å². The molecule has 0 atom stereocenters. The number of hydrogen-bond acceptors (Lipinski definition) is 2. The van der Waals surface area contributed by atoms with Gasteiger partial charge in [0.2, 0.25) is 0 Å². The number of benzene rings is 1. The van der Waals surface area contributed by atoms with Crippen LogP contribution in [0.5, 0.6) is 0 Å². The van der Waals surface area contributed by atoms with Crippen LogP contribution in [-0.2, 0) is 5.41 Å². The summed E-state index contributed by atoms with van der Waals surface area (Å²) in [6.07, 6.45) is 4.94. The van der Waals surface area contributed by atoms with E-state index in [4.69, 9.17) is 0 Å². The van der Waals surface area contributed by atoms with Crippen molar-refractivity contribution in [2.24, 2.45) is 0 Å². The zero-order chi connectivity index (χ0) is 15.0. The molecule has 0 amide bonds. The van der Waals surface area contributed by atoms with Gasteiger partial charge in [-0.3, -0.25) is 4.79 Å². The molecule has 0 saturated carbocycles. The van der Waals surface area contributed by atoms with Crippen molar-refractivity contribution in [2.75, 3.05) is 13.1 Å². The molecule has 0 bridgehead atoms. The fourth-order valence-electron chi connectivity index (χ4n) is 2.14. The van der Waals surface area contributed by atoms with Crippen LogP contribution >= 0.6 is 0 Å². The number of carbonyl (C=O) groups is 1. The first-order valence-corrected chi connectivity index (χ1v) is 7.79. The summed E-state index contributed by atoms with van der Waals surface area (Å²) < 4.78 is 0. The summed E-state index contributed by atoms with van der Waals surface area (Å²) in [7, 11) is 0. The lowest BCUT2D eigenvalue weighted by molar-refractivity contribution is 0.0991. The second-order valence-corrected chi connectivity index (χ2v) is 6.49. The van der Waals surface area contributed by atoms with Crippen molar-refractivity contribution in [3.63, 3.8) is 0 Å². The van der Waals surface area contributed by atoms with E-state index in [1.54, 1.807) is 0 Å². The first kappa shape index (κ1) is 16.9. The number of nitrogens with one attached hydrogen (secondary N) is 1. The fourth-order valence-corrected chi connectivity index (χ4v) is 2.14. The summed E-state index contributed by atoms with van der Waals surface area (Å²) >= 11 is 0. The fraction of sp³-hybridized carbons (Fsp3) is 0.611. The third kappa shape index (κ3) is 5.87. The molecule has 0 heterocycles. The van der Waals surface area contributed by atoms with Crippen LogP contribution in [0.1, 0.15) is 69.3 Å². The molecule has 0 fully saturated rings. The lowest BCUT2D eigenvalue weighted by atomic mass is 9.86. The summed E-state index contributed by atoms with van der Waals surface area (Å²) in [6.45, 7) is 10.1. The molecule has 0 aromatic heterocycles. The molecule has 1 rings (SSSR count). The zero-order valence-electron chi connectivity index (χ0n) is 13.5. The SMILES string of the molecule is CCCCCCNCC(=O)c1ccc(C(C)(C)C)cc1. The van der Waals surface area contributed by atoms with E-state index in [1.165, 1.54) is 24.8 Å². The van der Waals surface area contributed by atoms with Crippen molar-refractivity contribution >= 4 is 5.78 Å². The Morgan fingerprint density at radius 3 is 2.25 bits per heavy atom. The van der Waals surface area contributed by atoms with Crippen LogP contribution in [0, 0.1) is 0 Å². The average Bonchev–Trinajstić information content (AvgIpc) is 2.41. The van der Waals surface area contributed by atoms with Gasteiger partial charge >= 0.3 is 0 Å². The molecule has 0 spiro atoms. The molecule has 1 aromatic carbocycles. The van der Waals surface area contributed by atoms with Gasteiger partial charge in [-0.2, -0.15) is 0 Å². The summed E-state index contributed by atoms with van der Waals surface area (Å²) in [5.41, 5.74) is 2.21. The van der Waals surface area contributed by atoms with Crippen molar-refractivity contribution in [1.29, 1.82) is 0 Å². The molecular formula is C18H29NO. The van der Waals surface area contributed by atoms with Crippen molar-refractivity contribution in [3.8, 4) is 0 Å². The Labute approximate surface area is 124 Å². The minimum Gasteiger partial charge on any atom is -0.310 e. The Kier molecular flexibility index (Phi) is 6.94. The van der Waals surface area contributed by atoms with Gasteiger partial charge in [0.15, 0.2) is 5.78 Å². The maximum atomic E-state index is 12.0. The second kappa shape index (κ2) is 8.21. The lowest BCUT2D eigenvalue weighted by Gasteiger charge is -2.19. The van der Waals surface area contributed by atoms with Gasteiger partial charge in [-0.05, 0) is 23.9 Å². The molecule has 1 aromatic rings. The Bertz CT molecular complexity index is 400. The van der Waals surface area contributed by atoms with Gasteiger partial charge in [0.25, 0.3) is 0 Å². The molecule has 0 saturated heterocycles. The molecule has 0 aliphatic carbocycles. The lowest BCUT2D eigenvalue weighted by Crippen LogP contribution is -2.24. The predicted octanol–water partition coefficient (Wildman–Crippen LogP) is 4.34. The van der Waals surface area contributed by atoms with Crippen LogP contribution in [0.25, 0.3) is 0 Å². The zero-order valence-corrected chi connectivity index (χ0v) is 13.5. The molecule has 0 aliphatic heterocycles. The molecule has 20 heavy (non-hydrogen) atoms. The molecule has 2 heteroatoms. The third-order valence-electron chi connectivity index (χ3n) is 3.57.